The fourth-order valence-electron chi connectivity index (χ4n) is 2.69. The van der Waals surface area contributed by atoms with E-state index in [1.54, 1.807) is 18.5 Å². The van der Waals surface area contributed by atoms with Gasteiger partial charge in [0.05, 0.1) is 21.4 Å². The van der Waals surface area contributed by atoms with Crippen molar-refractivity contribution in [2.24, 2.45) is 0 Å². The van der Waals surface area contributed by atoms with Crippen LogP contribution in [0.5, 0.6) is 0 Å². The van der Waals surface area contributed by atoms with Gasteiger partial charge in [0.15, 0.2) is 0 Å². The molecule has 4 rings (SSSR count). The van der Waals surface area contributed by atoms with Crippen LogP contribution in [0.15, 0.2) is 73.1 Å². The molecular formula is C20H13Cl2N3. The molecule has 0 saturated carbocycles. The summed E-state index contributed by atoms with van der Waals surface area (Å²) in [7, 11) is 0. The minimum atomic E-state index is 0.502. The second-order valence-corrected chi connectivity index (χ2v) is 6.35. The predicted molar refractivity (Wildman–Crippen MR) is 103 cm³/mol. The van der Waals surface area contributed by atoms with E-state index in [1.165, 1.54) is 0 Å². The molecule has 0 radical (unpaired) electrons. The predicted octanol–water partition coefficient (Wildman–Crippen LogP) is 6.11. The lowest BCUT2D eigenvalue weighted by Gasteiger charge is -2.02. The van der Waals surface area contributed by atoms with Crippen LogP contribution in [-0.4, -0.2) is 15.0 Å². The molecule has 4 aromatic rings. The van der Waals surface area contributed by atoms with Gasteiger partial charge in [-0.05, 0) is 30.3 Å². The first-order valence-electron chi connectivity index (χ1n) is 7.73. The standard InChI is InChI=1S/C20H13Cl2N3/c21-16-7-6-15(12-17(16)22)20-24-18(13-4-2-1-3-5-13)19(25-20)14-8-10-23-11-9-14/h1-12H,(H,24,25). The van der Waals surface area contributed by atoms with Crippen LogP contribution in [0.2, 0.25) is 10.0 Å². The average molecular weight is 366 g/mol. The second kappa shape index (κ2) is 6.71. The van der Waals surface area contributed by atoms with Crippen LogP contribution < -0.4 is 0 Å². The topological polar surface area (TPSA) is 41.6 Å². The summed E-state index contributed by atoms with van der Waals surface area (Å²) in [6.07, 6.45) is 3.54. The minimum Gasteiger partial charge on any atom is -0.337 e. The van der Waals surface area contributed by atoms with Gasteiger partial charge in [0.1, 0.15) is 5.82 Å². The van der Waals surface area contributed by atoms with Gasteiger partial charge in [-0.25, -0.2) is 4.98 Å². The van der Waals surface area contributed by atoms with Crippen LogP contribution in [0, 0.1) is 0 Å². The SMILES string of the molecule is Clc1ccc(-c2nc(-c3ccccc3)c(-c3ccncc3)[nH]2)cc1Cl. The molecule has 1 N–H and O–H groups in total. The number of hydrogen-bond donors (Lipinski definition) is 1. The highest BCUT2D eigenvalue weighted by molar-refractivity contribution is 6.42. The van der Waals surface area contributed by atoms with Gasteiger partial charge in [-0.1, -0.05) is 53.5 Å². The Morgan fingerprint density at radius 1 is 0.720 bits per heavy atom. The van der Waals surface area contributed by atoms with Gasteiger partial charge in [0, 0.05) is 29.1 Å². The van der Waals surface area contributed by atoms with E-state index in [4.69, 9.17) is 28.2 Å². The van der Waals surface area contributed by atoms with E-state index in [2.05, 4.69) is 9.97 Å². The summed E-state index contributed by atoms with van der Waals surface area (Å²) in [5.41, 5.74) is 4.76. The number of halogens is 2. The van der Waals surface area contributed by atoms with E-state index in [9.17, 15) is 0 Å². The highest BCUT2D eigenvalue weighted by Gasteiger charge is 2.15. The van der Waals surface area contributed by atoms with Gasteiger partial charge < -0.3 is 4.98 Å². The third kappa shape index (κ3) is 3.16. The summed E-state index contributed by atoms with van der Waals surface area (Å²) < 4.78 is 0. The molecule has 25 heavy (non-hydrogen) atoms. The fraction of sp³-hybridized carbons (Fsp3) is 0. The maximum Gasteiger partial charge on any atom is 0.138 e. The number of H-pyrrole nitrogens is 1. The zero-order chi connectivity index (χ0) is 17.2. The van der Waals surface area contributed by atoms with E-state index in [-0.39, 0.29) is 0 Å². The lowest BCUT2D eigenvalue weighted by atomic mass is 10.1. The number of nitrogens with one attached hydrogen (secondary N) is 1. The Labute approximate surface area is 155 Å². The molecule has 0 aliphatic carbocycles. The molecule has 0 saturated heterocycles. The Balaban J connectivity index is 1.90. The van der Waals surface area contributed by atoms with Crippen molar-refractivity contribution in [3.05, 3.63) is 83.1 Å². The molecular weight excluding hydrogens is 353 g/mol. The molecule has 0 aliphatic rings. The number of benzene rings is 2. The van der Waals surface area contributed by atoms with Crippen molar-refractivity contribution in [3.63, 3.8) is 0 Å². The number of aromatic nitrogens is 3. The molecule has 5 heteroatoms. The Hall–Kier alpha value is -2.62. The number of imidazole rings is 1. The molecule has 122 valence electrons. The molecule has 0 spiro atoms. The Kier molecular flexibility index (Phi) is 4.26. The van der Waals surface area contributed by atoms with Crippen molar-refractivity contribution in [2.45, 2.75) is 0 Å². The largest absolute Gasteiger partial charge is 0.337 e. The van der Waals surface area contributed by atoms with E-state index < -0.39 is 0 Å². The third-order valence-electron chi connectivity index (χ3n) is 3.91. The van der Waals surface area contributed by atoms with Crippen molar-refractivity contribution in [2.75, 3.05) is 0 Å². The van der Waals surface area contributed by atoms with Crippen LogP contribution in [0.25, 0.3) is 33.9 Å². The minimum absolute atomic E-state index is 0.502. The van der Waals surface area contributed by atoms with Crippen molar-refractivity contribution in [1.82, 2.24) is 15.0 Å². The molecule has 0 bridgehead atoms. The quantitative estimate of drug-likeness (QED) is 0.475. The van der Waals surface area contributed by atoms with Crippen molar-refractivity contribution in [3.8, 4) is 33.9 Å². The monoisotopic (exact) mass is 365 g/mol. The third-order valence-corrected chi connectivity index (χ3v) is 4.65. The summed E-state index contributed by atoms with van der Waals surface area (Å²) in [5, 5.41) is 1.02. The number of aromatic amines is 1. The summed E-state index contributed by atoms with van der Waals surface area (Å²) in [4.78, 5) is 12.3. The second-order valence-electron chi connectivity index (χ2n) is 5.54. The molecule has 3 nitrogen and oxygen atoms in total. The average Bonchev–Trinajstić information content (AvgIpc) is 3.11. The Morgan fingerprint density at radius 3 is 2.20 bits per heavy atom. The van der Waals surface area contributed by atoms with Gasteiger partial charge in [-0.15, -0.1) is 0 Å². The molecule has 0 amide bonds. The maximum atomic E-state index is 6.16. The Morgan fingerprint density at radius 2 is 1.48 bits per heavy atom. The molecule has 2 heterocycles. The van der Waals surface area contributed by atoms with Gasteiger partial charge in [0.2, 0.25) is 0 Å². The van der Waals surface area contributed by atoms with Crippen LogP contribution in [0.3, 0.4) is 0 Å². The summed E-state index contributed by atoms with van der Waals surface area (Å²) in [6, 6.07) is 19.5. The van der Waals surface area contributed by atoms with Gasteiger partial charge in [0.25, 0.3) is 0 Å². The number of nitrogens with zero attached hydrogens (tertiary/aromatic N) is 2. The summed E-state index contributed by atoms with van der Waals surface area (Å²) in [5.74, 6) is 0.740. The molecule has 2 aromatic carbocycles. The molecule has 0 atom stereocenters. The lowest BCUT2D eigenvalue weighted by molar-refractivity contribution is 1.30. The highest BCUT2D eigenvalue weighted by atomic mass is 35.5. The van der Waals surface area contributed by atoms with E-state index >= 15 is 0 Å². The van der Waals surface area contributed by atoms with Gasteiger partial charge >= 0.3 is 0 Å². The van der Waals surface area contributed by atoms with E-state index in [0.717, 1.165) is 33.9 Å². The van der Waals surface area contributed by atoms with Crippen LogP contribution in [0.1, 0.15) is 0 Å². The normalized spacial score (nSPS) is 10.8. The van der Waals surface area contributed by atoms with Crippen LogP contribution in [-0.2, 0) is 0 Å². The first-order valence-corrected chi connectivity index (χ1v) is 8.49. The van der Waals surface area contributed by atoms with Crippen LogP contribution in [0.4, 0.5) is 0 Å². The highest BCUT2D eigenvalue weighted by Crippen LogP contribution is 2.34. The van der Waals surface area contributed by atoms with Gasteiger partial charge in [-0.3, -0.25) is 4.98 Å². The summed E-state index contributed by atoms with van der Waals surface area (Å²) >= 11 is 12.2. The lowest BCUT2D eigenvalue weighted by Crippen LogP contribution is -1.83. The first kappa shape index (κ1) is 15.9. The fourth-order valence-corrected chi connectivity index (χ4v) is 2.98. The number of pyridine rings is 1. The Bertz CT molecular complexity index is 955. The number of rotatable bonds is 3. The van der Waals surface area contributed by atoms with Gasteiger partial charge in [-0.2, -0.15) is 0 Å². The van der Waals surface area contributed by atoms with Crippen LogP contribution >= 0.6 is 23.2 Å². The first-order chi connectivity index (χ1) is 12.2. The zero-order valence-electron chi connectivity index (χ0n) is 13.1. The molecule has 0 fully saturated rings. The zero-order valence-corrected chi connectivity index (χ0v) is 14.6. The maximum absolute atomic E-state index is 6.16. The number of hydrogen-bond acceptors (Lipinski definition) is 2. The van der Waals surface area contributed by atoms with E-state index in [0.29, 0.717) is 10.0 Å². The summed E-state index contributed by atoms with van der Waals surface area (Å²) in [6.45, 7) is 0. The molecule has 0 unspecified atom stereocenters. The molecule has 2 aromatic heterocycles. The van der Waals surface area contributed by atoms with E-state index in [1.807, 2.05) is 54.6 Å². The van der Waals surface area contributed by atoms with Crippen molar-refractivity contribution >= 4 is 23.2 Å². The molecule has 0 aliphatic heterocycles. The smallest absolute Gasteiger partial charge is 0.138 e. The van der Waals surface area contributed by atoms with Crippen molar-refractivity contribution in [1.29, 1.82) is 0 Å². The van der Waals surface area contributed by atoms with Crippen molar-refractivity contribution < 1.29 is 0 Å².